The van der Waals surface area contributed by atoms with E-state index < -0.39 is 0 Å². The minimum absolute atomic E-state index is 0. The van der Waals surface area contributed by atoms with Gasteiger partial charge in [-0.15, -0.1) is 12.4 Å². The topological polar surface area (TPSA) is 71.7 Å². The molecule has 4 aromatic rings. The Morgan fingerprint density at radius 2 is 1.91 bits per heavy atom. The van der Waals surface area contributed by atoms with E-state index in [1.54, 1.807) is 11.0 Å². The van der Waals surface area contributed by atoms with Crippen molar-refractivity contribution in [1.29, 1.82) is 0 Å². The number of carbonyl (C=O) groups excluding carboxylic acids is 1. The lowest BCUT2D eigenvalue weighted by Gasteiger charge is -2.27. The largest absolute Gasteiger partial charge is 0.379 e. The van der Waals surface area contributed by atoms with Crippen LogP contribution in [0.3, 0.4) is 0 Å². The first kappa shape index (κ1) is 24.3. The molecule has 1 aliphatic heterocycles. The molecule has 0 atom stereocenters. The number of halogens is 1. The smallest absolute Gasteiger partial charge is 0.282 e. The fraction of sp³-hybridized carbons (Fsp3) is 0.320. The normalized spacial score (nSPS) is 14.1. The average molecular weight is 499 g/mol. The number of anilines is 1. The van der Waals surface area contributed by atoms with Crippen LogP contribution in [0.4, 0.5) is 5.13 Å². The van der Waals surface area contributed by atoms with Crippen molar-refractivity contribution >= 4 is 45.0 Å². The SMILES string of the molecule is Cc1ccc2nc(N(CCCN3CCOCC3)C(=O)c3cc(-c4ccccc4)on3)sc2c1.Cl. The number of ether oxygens (including phenoxy) is 1. The number of morpholine rings is 1. The fourth-order valence-electron chi connectivity index (χ4n) is 3.95. The van der Waals surface area contributed by atoms with Crippen LogP contribution in [0.25, 0.3) is 21.5 Å². The highest BCUT2D eigenvalue weighted by Crippen LogP contribution is 2.31. The van der Waals surface area contributed by atoms with Gasteiger partial charge in [-0.05, 0) is 31.0 Å². The van der Waals surface area contributed by atoms with Crippen LogP contribution in [-0.2, 0) is 4.74 Å². The Kier molecular flexibility index (Phi) is 7.95. The minimum Gasteiger partial charge on any atom is -0.379 e. The predicted octanol–water partition coefficient (Wildman–Crippen LogP) is 5.05. The van der Waals surface area contributed by atoms with Crippen LogP contribution in [0.15, 0.2) is 59.1 Å². The summed E-state index contributed by atoms with van der Waals surface area (Å²) in [7, 11) is 0. The molecule has 0 bridgehead atoms. The van der Waals surface area contributed by atoms with E-state index in [9.17, 15) is 4.79 Å². The van der Waals surface area contributed by atoms with E-state index in [0.717, 1.165) is 55.0 Å². The van der Waals surface area contributed by atoms with Crippen molar-refractivity contribution in [2.24, 2.45) is 0 Å². The van der Waals surface area contributed by atoms with Gasteiger partial charge in [-0.3, -0.25) is 14.6 Å². The molecule has 0 N–H and O–H groups in total. The monoisotopic (exact) mass is 498 g/mol. The minimum atomic E-state index is -0.196. The molecule has 2 aromatic heterocycles. The summed E-state index contributed by atoms with van der Waals surface area (Å²) in [6.45, 7) is 6.91. The van der Waals surface area contributed by atoms with Gasteiger partial charge in [0.1, 0.15) is 0 Å². The Morgan fingerprint density at radius 3 is 2.71 bits per heavy atom. The summed E-state index contributed by atoms with van der Waals surface area (Å²) in [6, 6.07) is 17.5. The standard InChI is InChI=1S/C25H26N4O3S.ClH/c1-18-8-9-20-23(16-18)33-25(26-20)29(11-5-10-28-12-14-31-15-13-28)24(30)21-17-22(32-27-21)19-6-3-2-4-7-19;/h2-4,6-9,16-17H,5,10-15H2,1H3;1H. The van der Waals surface area contributed by atoms with E-state index in [0.29, 0.717) is 17.4 Å². The Morgan fingerprint density at radius 1 is 1.12 bits per heavy atom. The third-order valence-electron chi connectivity index (χ3n) is 5.76. The van der Waals surface area contributed by atoms with Gasteiger partial charge in [0.2, 0.25) is 0 Å². The number of benzene rings is 2. The summed E-state index contributed by atoms with van der Waals surface area (Å²) in [5.41, 5.74) is 3.25. The van der Waals surface area contributed by atoms with Gasteiger partial charge < -0.3 is 9.26 Å². The second-order valence-electron chi connectivity index (χ2n) is 8.17. The lowest BCUT2D eigenvalue weighted by molar-refractivity contribution is 0.0376. The molecule has 1 saturated heterocycles. The molecule has 34 heavy (non-hydrogen) atoms. The fourth-order valence-corrected chi connectivity index (χ4v) is 5.04. The van der Waals surface area contributed by atoms with E-state index in [2.05, 4.69) is 23.0 Å². The van der Waals surface area contributed by atoms with Gasteiger partial charge in [0.15, 0.2) is 16.6 Å². The van der Waals surface area contributed by atoms with Gasteiger partial charge in [-0.2, -0.15) is 0 Å². The maximum absolute atomic E-state index is 13.6. The lowest BCUT2D eigenvalue weighted by atomic mass is 10.1. The van der Waals surface area contributed by atoms with Gasteiger partial charge in [-0.25, -0.2) is 4.98 Å². The second-order valence-corrected chi connectivity index (χ2v) is 9.18. The molecule has 0 spiro atoms. The number of aromatic nitrogens is 2. The first-order valence-electron chi connectivity index (χ1n) is 11.2. The third kappa shape index (κ3) is 5.47. The number of hydrogen-bond acceptors (Lipinski definition) is 7. The van der Waals surface area contributed by atoms with Crippen LogP contribution in [0, 0.1) is 6.92 Å². The van der Waals surface area contributed by atoms with Crippen molar-refractivity contribution in [1.82, 2.24) is 15.0 Å². The van der Waals surface area contributed by atoms with Crippen molar-refractivity contribution in [3.05, 3.63) is 65.9 Å². The zero-order chi connectivity index (χ0) is 22.6. The quantitative estimate of drug-likeness (QED) is 0.355. The molecular weight excluding hydrogens is 472 g/mol. The van der Waals surface area contributed by atoms with Crippen molar-refractivity contribution < 1.29 is 14.1 Å². The highest BCUT2D eigenvalue weighted by molar-refractivity contribution is 7.22. The molecule has 1 fully saturated rings. The Balaban J connectivity index is 0.00000274. The number of thiazole rings is 1. The number of carbonyl (C=O) groups is 1. The second kappa shape index (κ2) is 11.1. The summed E-state index contributed by atoms with van der Waals surface area (Å²) in [5.74, 6) is 0.380. The van der Waals surface area contributed by atoms with Gasteiger partial charge in [0.05, 0.1) is 23.4 Å². The molecular formula is C25H27ClN4O3S. The molecule has 1 amide bonds. The molecule has 0 radical (unpaired) electrons. The molecule has 7 nitrogen and oxygen atoms in total. The summed E-state index contributed by atoms with van der Waals surface area (Å²) in [4.78, 5) is 22.4. The van der Waals surface area contributed by atoms with Gasteiger partial charge >= 0.3 is 0 Å². The van der Waals surface area contributed by atoms with Gasteiger partial charge in [0.25, 0.3) is 5.91 Å². The molecule has 5 rings (SSSR count). The number of fused-ring (bicyclic) bond motifs is 1. The number of amides is 1. The van der Waals surface area contributed by atoms with E-state index in [4.69, 9.17) is 14.2 Å². The first-order valence-corrected chi connectivity index (χ1v) is 12.0. The van der Waals surface area contributed by atoms with Crippen molar-refractivity contribution in [3.63, 3.8) is 0 Å². The van der Waals surface area contributed by atoms with Gasteiger partial charge in [0, 0.05) is 37.8 Å². The summed E-state index contributed by atoms with van der Waals surface area (Å²) in [6.07, 6.45) is 0.837. The van der Waals surface area contributed by atoms with Crippen LogP contribution < -0.4 is 4.90 Å². The third-order valence-corrected chi connectivity index (χ3v) is 6.80. The highest BCUT2D eigenvalue weighted by Gasteiger charge is 2.25. The summed E-state index contributed by atoms with van der Waals surface area (Å²) < 4.78 is 12.0. The van der Waals surface area contributed by atoms with Crippen molar-refractivity contribution in [2.45, 2.75) is 13.3 Å². The lowest BCUT2D eigenvalue weighted by Crippen LogP contribution is -2.39. The Labute approximate surface area is 208 Å². The molecule has 1 aliphatic rings. The first-order chi connectivity index (χ1) is 16.2. The summed E-state index contributed by atoms with van der Waals surface area (Å²) >= 11 is 1.53. The van der Waals surface area contributed by atoms with Crippen LogP contribution >= 0.6 is 23.7 Å². The summed E-state index contributed by atoms with van der Waals surface area (Å²) in [5, 5.41) is 4.78. The van der Waals surface area contributed by atoms with Crippen LogP contribution in [0.5, 0.6) is 0 Å². The number of rotatable bonds is 7. The molecule has 9 heteroatoms. The van der Waals surface area contributed by atoms with E-state index >= 15 is 0 Å². The van der Waals surface area contributed by atoms with E-state index in [-0.39, 0.29) is 24.0 Å². The maximum atomic E-state index is 13.6. The maximum Gasteiger partial charge on any atom is 0.282 e. The van der Waals surface area contributed by atoms with Crippen molar-refractivity contribution in [3.8, 4) is 11.3 Å². The molecule has 0 unspecified atom stereocenters. The van der Waals surface area contributed by atoms with E-state index in [1.807, 2.05) is 42.5 Å². The molecule has 0 aliphatic carbocycles. The van der Waals surface area contributed by atoms with Crippen molar-refractivity contribution in [2.75, 3.05) is 44.3 Å². The Bertz CT molecular complexity index is 1240. The number of nitrogens with zero attached hydrogens (tertiary/aromatic N) is 4. The molecule has 3 heterocycles. The molecule has 178 valence electrons. The predicted molar refractivity (Wildman–Crippen MR) is 137 cm³/mol. The highest BCUT2D eigenvalue weighted by atomic mass is 35.5. The molecule has 2 aromatic carbocycles. The number of hydrogen-bond donors (Lipinski definition) is 0. The zero-order valence-corrected chi connectivity index (χ0v) is 20.6. The average Bonchev–Trinajstić information content (AvgIpc) is 3.50. The number of aryl methyl sites for hydroxylation is 1. The Hall–Kier alpha value is -2.78. The molecule has 0 saturated carbocycles. The van der Waals surface area contributed by atoms with Crippen LogP contribution in [0.1, 0.15) is 22.5 Å². The van der Waals surface area contributed by atoms with Gasteiger partial charge in [-0.1, -0.05) is 52.9 Å². The van der Waals surface area contributed by atoms with Crippen LogP contribution in [0.2, 0.25) is 0 Å². The van der Waals surface area contributed by atoms with Crippen LogP contribution in [-0.4, -0.2) is 60.3 Å². The van der Waals surface area contributed by atoms with E-state index in [1.165, 1.54) is 16.9 Å². The zero-order valence-electron chi connectivity index (χ0n) is 19.0.